The van der Waals surface area contributed by atoms with Gasteiger partial charge in [-0.15, -0.1) is 0 Å². The van der Waals surface area contributed by atoms with Gasteiger partial charge in [0, 0.05) is 0 Å². The second-order valence-corrected chi connectivity index (χ2v) is 4.56. The summed E-state index contributed by atoms with van der Waals surface area (Å²) in [6, 6.07) is 9.69. The Morgan fingerprint density at radius 3 is 2.27 bits per heavy atom. The van der Waals surface area contributed by atoms with Crippen LogP contribution >= 0.6 is 0 Å². The molecular formula is C16H27NO5. The van der Waals surface area contributed by atoms with Gasteiger partial charge in [0.25, 0.3) is 0 Å². The third-order valence-corrected chi connectivity index (χ3v) is 3.04. The third kappa shape index (κ3) is 8.31. The zero-order valence-corrected chi connectivity index (χ0v) is 13.7. The number of rotatable bonds is 13. The Hall–Kier alpha value is -1.18. The van der Waals surface area contributed by atoms with E-state index in [2.05, 4.69) is 6.92 Å². The monoisotopic (exact) mass is 313 g/mol. The van der Waals surface area contributed by atoms with Gasteiger partial charge in [0.2, 0.25) is 0 Å². The zero-order chi connectivity index (χ0) is 16.0. The molecule has 0 saturated heterocycles. The van der Waals surface area contributed by atoms with Crippen molar-refractivity contribution in [2.75, 3.05) is 47.2 Å². The van der Waals surface area contributed by atoms with Crippen molar-refractivity contribution in [1.82, 2.24) is 5.23 Å². The first-order chi connectivity index (χ1) is 10.8. The van der Waals surface area contributed by atoms with Crippen LogP contribution in [0.4, 0.5) is 0 Å². The highest BCUT2D eigenvalue weighted by Gasteiger charge is 2.12. The molecule has 6 heteroatoms. The summed E-state index contributed by atoms with van der Waals surface area (Å²) >= 11 is 0. The van der Waals surface area contributed by atoms with Gasteiger partial charge in [0.15, 0.2) is 0 Å². The molecule has 0 aliphatic carbocycles. The Morgan fingerprint density at radius 1 is 0.955 bits per heavy atom. The molecule has 1 rings (SSSR count). The van der Waals surface area contributed by atoms with Crippen LogP contribution in [0.3, 0.4) is 0 Å². The van der Waals surface area contributed by atoms with Crippen LogP contribution in [-0.2, 0) is 19.1 Å². The molecule has 0 amide bonds. The molecule has 0 aliphatic heterocycles. The van der Waals surface area contributed by atoms with Gasteiger partial charge in [-0.2, -0.15) is 0 Å². The summed E-state index contributed by atoms with van der Waals surface area (Å²) in [6.45, 7) is 4.75. The van der Waals surface area contributed by atoms with Crippen molar-refractivity contribution in [1.29, 1.82) is 0 Å². The maximum Gasteiger partial charge on any atom is 0.119 e. The predicted molar refractivity (Wildman–Crippen MR) is 83.5 cm³/mol. The molecular weight excluding hydrogens is 286 g/mol. The van der Waals surface area contributed by atoms with E-state index in [0.717, 1.165) is 12.2 Å². The summed E-state index contributed by atoms with van der Waals surface area (Å²) in [5, 5.41) is 1.39. The van der Waals surface area contributed by atoms with Crippen LogP contribution in [0.2, 0.25) is 0 Å². The fourth-order valence-electron chi connectivity index (χ4n) is 1.80. The highest BCUT2D eigenvalue weighted by atomic mass is 16.9. The van der Waals surface area contributed by atoms with E-state index >= 15 is 0 Å². The maximum absolute atomic E-state index is 5.72. The summed E-state index contributed by atoms with van der Waals surface area (Å²) in [5.41, 5.74) is 0. The number of hydrogen-bond donors (Lipinski definition) is 0. The minimum Gasteiger partial charge on any atom is -0.491 e. The Balaban J connectivity index is 2.01. The number of nitrogens with zero attached hydrogens (tertiary/aromatic N) is 1. The Morgan fingerprint density at radius 2 is 1.64 bits per heavy atom. The third-order valence-electron chi connectivity index (χ3n) is 3.04. The molecule has 0 bridgehead atoms. The van der Waals surface area contributed by atoms with Crippen LogP contribution in [0.5, 0.6) is 5.75 Å². The number of benzene rings is 1. The highest BCUT2D eigenvalue weighted by molar-refractivity contribution is 5.20. The van der Waals surface area contributed by atoms with Gasteiger partial charge in [-0.25, -0.2) is 0 Å². The quantitative estimate of drug-likeness (QED) is 0.411. The highest BCUT2D eigenvalue weighted by Crippen LogP contribution is 2.07. The van der Waals surface area contributed by atoms with Crippen molar-refractivity contribution in [3.05, 3.63) is 30.3 Å². The molecule has 0 heterocycles. The molecule has 22 heavy (non-hydrogen) atoms. The smallest absolute Gasteiger partial charge is 0.119 e. The van der Waals surface area contributed by atoms with Gasteiger partial charge < -0.3 is 14.2 Å². The topological polar surface area (TPSA) is 49.4 Å². The van der Waals surface area contributed by atoms with Crippen molar-refractivity contribution < 1.29 is 23.9 Å². The molecule has 0 spiro atoms. The van der Waals surface area contributed by atoms with E-state index < -0.39 is 0 Å². The Kier molecular flexibility index (Phi) is 10.6. The summed E-state index contributed by atoms with van der Waals surface area (Å²) < 4.78 is 16.7. The number of ether oxygens (including phenoxy) is 3. The largest absolute Gasteiger partial charge is 0.491 e. The second-order valence-electron chi connectivity index (χ2n) is 4.56. The van der Waals surface area contributed by atoms with E-state index in [0.29, 0.717) is 33.0 Å². The van der Waals surface area contributed by atoms with Crippen LogP contribution in [0.25, 0.3) is 0 Å². The molecule has 1 aromatic rings. The Bertz CT molecular complexity index is 359. The summed E-state index contributed by atoms with van der Waals surface area (Å²) in [5.74, 6) is 0.854. The van der Waals surface area contributed by atoms with Crippen molar-refractivity contribution in [2.45, 2.75) is 19.4 Å². The average Bonchev–Trinajstić information content (AvgIpc) is 2.57. The normalized spacial score (nSPS) is 12.5. The van der Waals surface area contributed by atoms with E-state index in [1.54, 1.807) is 14.2 Å². The van der Waals surface area contributed by atoms with Gasteiger partial charge in [0.05, 0.1) is 46.7 Å². The standard InChI is InChI=1S/C16H27NO5/c1-4-15(14-17(18-2)19-3)21-12-10-20-11-13-22-16-8-6-5-7-9-16/h5-9,15H,4,10-14H2,1-3H3. The number of para-hydroxylation sites is 1. The fourth-order valence-corrected chi connectivity index (χ4v) is 1.80. The van der Waals surface area contributed by atoms with Crippen LogP contribution in [-0.4, -0.2) is 58.5 Å². The van der Waals surface area contributed by atoms with Crippen LogP contribution < -0.4 is 4.74 Å². The van der Waals surface area contributed by atoms with E-state index in [1.165, 1.54) is 5.23 Å². The van der Waals surface area contributed by atoms with Crippen molar-refractivity contribution in [2.24, 2.45) is 0 Å². The molecule has 1 atom stereocenters. The first-order valence-electron chi connectivity index (χ1n) is 7.53. The summed E-state index contributed by atoms with van der Waals surface area (Å²) in [7, 11) is 3.12. The van der Waals surface area contributed by atoms with E-state index in [9.17, 15) is 0 Å². The lowest BCUT2D eigenvalue weighted by Crippen LogP contribution is -2.33. The molecule has 0 N–H and O–H groups in total. The lowest BCUT2D eigenvalue weighted by molar-refractivity contribution is -0.350. The minimum atomic E-state index is 0.0454. The fraction of sp³-hybridized carbons (Fsp3) is 0.625. The lowest BCUT2D eigenvalue weighted by atomic mass is 10.3. The zero-order valence-electron chi connectivity index (χ0n) is 13.7. The first kappa shape index (κ1) is 18.9. The van der Waals surface area contributed by atoms with Gasteiger partial charge in [0.1, 0.15) is 12.4 Å². The van der Waals surface area contributed by atoms with Crippen molar-refractivity contribution >= 4 is 0 Å². The van der Waals surface area contributed by atoms with Crippen LogP contribution in [0, 0.1) is 0 Å². The molecule has 126 valence electrons. The molecule has 1 aromatic carbocycles. The SMILES string of the molecule is CCC(CN(OC)OC)OCCOCCOc1ccccc1. The van der Waals surface area contributed by atoms with E-state index in [1.807, 2.05) is 30.3 Å². The molecule has 0 radical (unpaired) electrons. The van der Waals surface area contributed by atoms with Crippen molar-refractivity contribution in [3.8, 4) is 5.75 Å². The van der Waals surface area contributed by atoms with E-state index in [4.69, 9.17) is 23.9 Å². The summed E-state index contributed by atoms with van der Waals surface area (Å²) in [4.78, 5) is 10.0. The minimum absolute atomic E-state index is 0.0454. The molecule has 1 unspecified atom stereocenters. The molecule has 0 fully saturated rings. The van der Waals surface area contributed by atoms with Crippen LogP contribution in [0.1, 0.15) is 13.3 Å². The Labute approximate surface area is 132 Å². The molecule has 6 nitrogen and oxygen atoms in total. The molecule has 0 aromatic heterocycles. The summed E-state index contributed by atoms with van der Waals surface area (Å²) in [6.07, 6.45) is 0.921. The van der Waals surface area contributed by atoms with Crippen LogP contribution in [0.15, 0.2) is 30.3 Å². The second kappa shape index (κ2) is 12.4. The van der Waals surface area contributed by atoms with E-state index in [-0.39, 0.29) is 6.10 Å². The molecule has 0 saturated carbocycles. The van der Waals surface area contributed by atoms with Crippen molar-refractivity contribution in [3.63, 3.8) is 0 Å². The van der Waals surface area contributed by atoms with Gasteiger partial charge in [-0.3, -0.25) is 9.68 Å². The van der Waals surface area contributed by atoms with Gasteiger partial charge in [-0.1, -0.05) is 30.3 Å². The number of hydroxylamine groups is 2. The maximum atomic E-state index is 5.72. The first-order valence-corrected chi connectivity index (χ1v) is 7.53. The lowest BCUT2D eigenvalue weighted by Gasteiger charge is -2.22. The molecule has 0 aliphatic rings. The van der Waals surface area contributed by atoms with Gasteiger partial charge in [-0.05, 0) is 18.6 Å². The average molecular weight is 313 g/mol. The predicted octanol–water partition coefficient (Wildman–Crippen LogP) is 2.30. The van der Waals surface area contributed by atoms with Gasteiger partial charge >= 0.3 is 0 Å². The number of hydrogen-bond acceptors (Lipinski definition) is 6.